The molecule has 0 spiro atoms. The highest BCUT2D eigenvalue weighted by Gasteiger charge is 2.37. The van der Waals surface area contributed by atoms with Crippen LogP contribution in [0.4, 0.5) is 4.39 Å². The van der Waals surface area contributed by atoms with Crippen molar-refractivity contribution in [1.82, 2.24) is 4.90 Å². The number of amides is 1. The van der Waals surface area contributed by atoms with E-state index in [9.17, 15) is 14.0 Å². The van der Waals surface area contributed by atoms with Gasteiger partial charge in [-0.25, -0.2) is 9.18 Å². The lowest BCUT2D eigenvalue weighted by molar-refractivity contribution is 0.0675. The summed E-state index contributed by atoms with van der Waals surface area (Å²) in [6.45, 7) is 0. The van der Waals surface area contributed by atoms with Gasteiger partial charge < -0.3 is 14.4 Å². The molecule has 120 valence electrons. The van der Waals surface area contributed by atoms with E-state index in [1.165, 1.54) is 23.1 Å². The van der Waals surface area contributed by atoms with Crippen molar-refractivity contribution in [2.24, 2.45) is 5.92 Å². The van der Waals surface area contributed by atoms with Gasteiger partial charge in [0.15, 0.2) is 5.76 Å². The van der Waals surface area contributed by atoms with Crippen molar-refractivity contribution < 1.29 is 23.5 Å². The van der Waals surface area contributed by atoms with Crippen LogP contribution in [-0.2, 0) is 0 Å². The summed E-state index contributed by atoms with van der Waals surface area (Å²) in [6, 6.07) is 7.13. The van der Waals surface area contributed by atoms with Crippen LogP contribution in [0.2, 0.25) is 0 Å². The normalized spacial score (nSPS) is 15.2. The van der Waals surface area contributed by atoms with Gasteiger partial charge in [-0.05, 0) is 36.5 Å². The largest absolute Gasteiger partial charge is 0.478 e. The van der Waals surface area contributed by atoms with Gasteiger partial charge in [0.25, 0.3) is 5.91 Å². The maximum absolute atomic E-state index is 13.1. The summed E-state index contributed by atoms with van der Waals surface area (Å²) in [6.07, 6.45) is 3.05. The van der Waals surface area contributed by atoms with Crippen molar-refractivity contribution in [2.45, 2.75) is 18.9 Å². The van der Waals surface area contributed by atoms with Crippen LogP contribution in [0, 0.1) is 11.7 Å². The van der Waals surface area contributed by atoms with E-state index in [1.54, 1.807) is 19.2 Å². The second-order valence-electron chi connectivity index (χ2n) is 5.75. The summed E-state index contributed by atoms with van der Waals surface area (Å²) in [4.78, 5) is 25.0. The summed E-state index contributed by atoms with van der Waals surface area (Å²) in [5.41, 5.74) is 0.793. The molecule has 1 N–H and O–H groups in total. The van der Waals surface area contributed by atoms with Crippen LogP contribution in [-0.4, -0.2) is 28.9 Å². The van der Waals surface area contributed by atoms with Gasteiger partial charge in [-0.15, -0.1) is 0 Å². The molecule has 3 rings (SSSR count). The molecule has 1 aliphatic rings. The quantitative estimate of drug-likeness (QED) is 0.918. The molecule has 6 heteroatoms. The average Bonchev–Trinajstić information content (AvgIpc) is 3.23. The number of halogens is 1. The second-order valence-corrected chi connectivity index (χ2v) is 5.75. The summed E-state index contributed by atoms with van der Waals surface area (Å²) in [5.74, 6) is -1.55. The number of carboxylic acid groups (broad SMARTS) is 1. The number of nitrogens with zero attached hydrogens (tertiary/aromatic N) is 1. The van der Waals surface area contributed by atoms with Crippen molar-refractivity contribution in [3.05, 3.63) is 59.3 Å². The zero-order valence-corrected chi connectivity index (χ0v) is 12.5. The standard InChI is InChI=1S/C17H16FNO4/c1-19(16(20)14-8-12(9-23-14)17(21)22)15(10-2-3-10)11-4-6-13(18)7-5-11/h4-10,15H,2-3H2,1H3,(H,21,22)/t15-/m1/s1. The minimum atomic E-state index is -1.15. The Bertz CT molecular complexity index is 733. The Balaban J connectivity index is 1.85. The number of aromatic carboxylic acids is 1. The summed E-state index contributed by atoms with van der Waals surface area (Å²) >= 11 is 0. The number of carbonyl (C=O) groups excluding carboxylic acids is 1. The minimum absolute atomic E-state index is 0.0161. The Hall–Kier alpha value is -2.63. The van der Waals surface area contributed by atoms with Gasteiger partial charge in [0.1, 0.15) is 12.1 Å². The Morgan fingerprint density at radius 1 is 1.30 bits per heavy atom. The summed E-state index contributed by atoms with van der Waals surface area (Å²) in [5, 5.41) is 8.91. The lowest BCUT2D eigenvalue weighted by Gasteiger charge is -2.28. The number of furan rings is 1. The van der Waals surface area contributed by atoms with E-state index in [1.807, 2.05) is 0 Å². The SMILES string of the molecule is CN(C(=O)c1cc(C(=O)O)co1)[C@@H](c1ccc(F)cc1)C1CC1. The number of hydrogen-bond donors (Lipinski definition) is 1. The topological polar surface area (TPSA) is 70.8 Å². The third kappa shape index (κ3) is 3.11. The van der Waals surface area contributed by atoms with E-state index in [-0.39, 0.29) is 23.2 Å². The fourth-order valence-electron chi connectivity index (χ4n) is 2.74. The van der Waals surface area contributed by atoms with Crippen LogP contribution >= 0.6 is 0 Å². The van der Waals surface area contributed by atoms with Crippen molar-refractivity contribution in [2.75, 3.05) is 7.05 Å². The van der Waals surface area contributed by atoms with Gasteiger partial charge in [-0.2, -0.15) is 0 Å². The number of carboxylic acids is 1. The van der Waals surface area contributed by atoms with Gasteiger partial charge in [-0.1, -0.05) is 12.1 Å². The molecule has 23 heavy (non-hydrogen) atoms. The zero-order valence-electron chi connectivity index (χ0n) is 12.5. The molecule has 0 bridgehead atoms. The second kappa shape index (κ2) is 5.87. The van der Waals surface area contributed by atoms with E-state index in [2.05, 4.69) is 0 Å². The predicted octanol–water partition coefficient (Wildman–Crippen LogP) is 3.34. The maximum Gasteiger partial charge on any atom is 0.338 e. The Morgan fingerprint density at radius 3 is 2.48 bits per heavy atom. The van der Waals surface area contributed by atoms with Gasteiger partial charge in [0.2, 0.25) is 0 Å². The van der Waals surface area contributed by atoms with Crippen LogP contribution in [0.15, 0.2) is 41.0 Å². The first-order valence-electron chi connectivity index (χ1n) is 7.32. The molecule has 2 aromatic rings. The van der Waals surface area contributed by atoms with Crippen LogP contribution in [0.5, 0.6) is 0 Å². The molecule has 0 aliphatic heterocycles. The molecule has 1 aromatic carbocycles. The summed E-state index contributed by atoms with van der Waals surface area (Å²) in [7, 11) is 1.65. The highest BCUT2D eigenvalue weighted by atomic mass is 19.1. The fraction of sp³-hybridized carbons (Fsp3) is 0.294. The van der Waals surface area contributed by atoms with E-state index in [4.69, 9.17) is 9.52 Å². The van der Waals surface area contributed by atoms with Crippen molar-refractivity contribution in [3.63, 3.8) is 0 Å². The first kappa shape index (κ1) is 15.3. The first-order chi connectivity index (χ1) is 11.0. The Morgan fingerprint density at radius 2 is 1.96 bits per heavy atom. The molecule has 0 unspecified atom stereocenters. The van der Waals surface area contributed by atoms with E-state index in [0.29, 0.717) is 5.92 Å². The average molecular weight is 317 g/mol. The molecular formula is C17H16FNO4. The number of carbonyl (C=O) groups is 2. The molecular weight excluding hydrogens is 301 g/mol. The predicted molar refractivity (Wildman–Crippen MR) is 79.6 cm³/mol. The Kier molecular flexibility index (Phi) is 3.90. The highest BCUT2D eigenvalue weighted by molar-refractivity contribution is 5.95. The lowest BCUT2D eigenvalue weighted by Crippen LogP contribution is -2.32. The molecule has 5 nitrogen and oxygen atoms in total. The van der Waals surface area contributed by atoms with Gasteiger partial charge >= 0.3 is 5.97 Å². The highest BCUT2D eigenvalue weighted by Crippen LogP contribution is 2.44. The molecule has 1 saturated carbocycles. The smallest absolute Gasteiger partial charge is 0.338 e. The van der Waals surface area contributed by atoms with Gasteiger partial charge in [0, 0.05) is 13.1 Å². The molecule has 1 fully saturated rings. The van der Waals surface area contributed by atoms with E-state index < -0.39 is 11.9 Å². The monoisotopic (exact) mass is 317 g/mol. The van der Waals surface area contributed by atoms with E-state index in [0.717, 1.165) is 24.7 Å². The Labute approximate surface area is 132 Å². The van der Waals surface area contributed by atoms with Gasteiger partial charge in [-0.3, -0.25) is 4.79 Å². The minimum Gasteiger partial charge on any atom is -0.478 e. The van der Waals surface area contributed by atoms with Crippen molar-refractivity contribution >= 4 is 11.9 Å². The third-order valence-electron chi connectivity index (χ3n) is 4.07. The number of hydrogen-bond acceptors (Lipinski definition) is 3. The molecule has 1 atom stereocenters. The molecule has 0 radical (unpaired) electrons. The van der Waals surface area contributed by atoms with Crippen LogP contribution < -0.4 is 0 Å². The van der Waals surface area contributed by atoms with Gasteiger partial charge in [0.05, 0.1) is 11.6 Å². The van der Waals surface area contributed by atoms with Crippen molar-refractivity contribution in [1.29, 1.82) is 0 Å². The summed E-state index contributed by atoms with van der Waals surface area (Å²) < 4.78 is 18.2. The molecule has 1 heterocycles. The lowest BCUT2D eigenvalue weighted by atomic mass is 10.0. The van der Waals surface area contributed by atoms with Crippen LogP contribution in [0.25, 0.3) is 0 Å². The molecule has 1 aliphatic carbocycles. The first-order valence-corrected chi connectivity index (χ1v) is 7.32. The number of benzene rings is 1. The van der Waals surface area contributed by atoms with Crippen LogP contribution in [0.1, 0.15) is 45.4 Å². The number of rotatable bonds is 5. The fourth-order valence-corrected chi connectivity index (χ4v) is 2.74. The van der Waals surface area contributed by atoms with Crippen LogP contribution in [0.3, 0.4) is 0 Å². The maximum atomic E-state index is 13.1. The molecule has 1 aromatic heterocycles. The zero-order chi connectivity index (χ0) is 16.6. The van der Waals surface area contributed by atoms with E-state index >= 15 is 0 Å². The third-order valence-corrected chi connectivity index (χ3v) is 4.07. The molecule has 0 saturated heterocycles. The molecule has 1 amide bonds. The van der Waals surface area contributed by atoms with Crippen molar-refractivity contribution in [3.8, 4) is 0 Å².